The number of hydrogen-bond donors (Lipinski definition) is 1. The molecule has 2 aromatic heterocycles. The molecule has 1 saturated heterocycles. The van der Waals surface area contributed by atoms with E-state index in [0.29, 0.717) is 17.0 Å². The van der Waals surface area contributed by atoms with Gasteiger partial charge in [-0.3, -0.25) is 14.5 Å². The third kappa shape index (κ3) is 5.19. The molecule has 182 valence electrons. The molecule has 3 heterocycles. The van der Waals surface area contributed by atoms with Gasteiger partial charge in [-0.2, -0.15) is 0 Å². The molecule has 2 amide bonds. The highest BCUT2D eigenvalue weighted by Gasteiger charge is 2.43. The molecule has 0 radical (unpaired) electrons. The molecule has 2 aliphatic rings. The molecule has 0 spiro atoms. The van der Waals surface area contributed by atoms with E-state index in [9.17, 15) is 18.4 Å². The Kier molecular flexibility index (Phi) is 6.25. The fourth-order valence-corrected chi connectivity index (χ4v) is 4.23. The zero-order chi connectivity index (χ0) is 24.4. The van der Waals surface area contributed by atoms with Gasteiger partial charge in [0, 0.05) is 48.1 Å². The minimum atomic E-state index is -2.72. The third-order valence-electron chi connectivity index (χ3n) is 6.17. The van der Waals surface area contributed by atoms with E-state index in [1.54, 1.807) is 30.5 Å². The number of amides is 2. The van der Waals surface area contributed by atoms with E-state index in [1.807, 2.05) is 0 Å². The van der Waals surface area contributed by atoms with Crippen molar-refractivity contribution in [3.05, 3.63) is 61.1 Å². The molecule has 1 unspecified atom stereocenters. The lowest BCUT2D eigenvalue weighted by Gasteiger charge is -2.34. The predicted molar refractivity (Wildman–Crippen MR) is 119 cm³/mol. The molecule has 35 heavy (non-hydrogen) atoms. The van der Waals surface area contributed by atoms with Crippen LogP contribution < -0.4 is 10.2 Å². The minimum absolute atomic E-state index is 0.155. The van der Waals surface area contributed by atoms with Crippen molar-refractivity contribution >= 4 is 17.5 Å². The quantitative estimate of drug-likeness (QED) is 0.513. The van der Waals surface area contributed by atoms with Crippen LogP contribution in [0.2, 0.25) is 0 Å². The Morgan fingerprint density at radius 3 is 2.34 bits per heavy atom. The van der Waals surface area contributed by atoms with E-state index in [4.69, 9.17) is 9.15 Å². The van der Waals surface area contributed by atoms with Crippen LogP contribution >= 0.6 is 0 Å². The van der Waals surface area contributed by atoms with Crippen molar-refractivity contribution in [3.8, 4) is 11.3 Å². The lowest BCUT2D eigenvalue weighted by molar-refractivity contribution is -0.128. The SMILES string of the molecule is O=C(NC1CCC(F)(F)CC1)C(c1cncnc1)N(C(=O)[C@H]1CO1)c1ccc(-c2cnco2)cc1. The van der Waals surface area contributed by atoms with Crippen molar-refractivity contribution in [1.29, 1.82) is 0 Å². The first-order valence-electron chi connectivity index (χ1n) is 11.3. The van der Waals surface area contributed by atoms with Gasteiger partial charge in [0.15, 0.2) is 18.3 Å². The molecule has 11 heteroatoms. The molecule has 2 fully saturated rings. The number of nitrogens with one attached hydrogen (secondary N) is 1. The Balaban J connectivity index is 1.47. The fraction of sp³-hybridized carbons (Fsp3) is 0.375. The molecule has 0 bridgehead atoms. The van der Waals surface area contributed by atoms with Crippen molar-refractivity contribution in [1.82, 2.24) is 20.3 Å². The van der Waals surface area contributed by atoms with Gasteiger partial charge >= 0.3 is 0 Å². The highest BCUT2D eigenvalue weighted by Crippen LogP contribution is 2.35. The van der Waals surface area contributed by atoms with Gasteiger partial charge < -0.3 is 14.5 Å². The standard InChI is InChI=1S/C24H23F2N5O4/c25-24(26)7-5-17(6-8-24)30-22(32)21(16-9-27-13-28-10-16)31(23(33)20-12-34-20)18-3-1-15(2-4-18)19-11-29-14-35-19/h1-4,9-11,13-14,17,20-21H,5-8,12H2,(H,30,32)/t20-,21?/m1/s1. The molecular weight excluding hydrogens is 460 g/mol. The molecule has 9 nitrogen and oxygen atoms in total. The van der Waals surface area contributed by atoms with Crippen molar-refractivity contribution in [2.45, 2.75) is 49.8 Å². The molecule has 1 aliphatic heterocycles. The number of ether oxygens (including phenoxy) is 1. The lowest BCUT2D eigenvalue weighted by atomic mass is 9.92. The van der Waals surface area contributed by atoms with E-state index in [2.05, 4.69) is 20.3 Å². The normalized spacial score (nSPS) is 20.1. The van der Waals surface area contributed by atoms with Gasteiger partial charge in [0.25, 0.3) is 5.91 Å². The number of aromatic nitrogens is 3. The van der Waals surface area contributed by atoms with E-state index < -0.39 is 35.9 Å². The summed E-state index contributed by atoms with van der Waals surface area (Å²) in [7, 11) is 0. The smallest absolute Gasteiger partial charge is 0.259 e. The van der Waals surface area contributed by atoms with E-state index >= 15 is 0 Å². The summed E-state index contributed by atoms with van der Waals surface area (Å²) in [6.45, 7) is 0.253. The zero-order valence-electron chi connectivity index (χ0n) is 18.6. The number of epoxide rings is 1. The maximum Gasteiger partial charge on any atom is 0.259 e. The summed E-state index contributed by atoms with van der Waals surface area (Å²) in [5.41, 5.74) is 1.58. The van der Waals surface area contributed by atoms with Crippen molar-refractivity contribution in [2.75, 3.05) is 11.5 Å². The number of alkyl halides is 2. The maximum atomic E-state index is 13.6. The second-order valence-electron chi connectivity index (χ2n) is 8.66. The number of nitrogens with zero attached hydrogens (tertiary/aromatic N) is 4. The second kappa shape index (κ2) is 9.49. The number of benzene rings is 1. The summed E-state index contributed by atoms with van der Waals surface area (Å²) in [5.74, 6) is -3.05. The number of carbonyl (C=O) groups excluding carboxylic acids is 2. The molecule has 1 N–H and O–H groups in total. The van der Waals surface area contributed by atoms with Crippen molar-refractivity contribution < 1.29 is 27.5 Å². The van der Waals surface area contributed by atoms with Crippen LogP contribution in [-0.2, 0) is 14.3 Å². The van der Waals surface area contributed by atoms with Crippen molar-refractivity contribution in [2.24, 2.45) is 0 Å². The number of anilines is 1. The van der Waals surface area contributed by atoms with Gasteiger partial charge in [-0.15, -0.1) is 0 Å². The minimum Gasteiger partial charge on any atom is -0.444 e. The summed E-state index contributed by atoms with van der Waals surface area (Å²) < 4.78 is 37.8. The molecule has 1 aliphatic carbocycles. The Morgan fingerprint density at radius 1 is 1.06 bits per heavy atom. The Bertz CT molecular complexity index is 1160. The first kappa shape index (κ1) is 23.0. The topological polar surface area (TPSA) is 114 Å². The van der Waals surface area contributed by atoms with Crippen LogP contribution in [0, 0.1) is 0 Å². The third-order valence-corrected chi connectivity index (χ3v) is 6.17. The van der Waals surface area contributed by atoms with E-state index in [1.165, 1.54) is 30.0 Å². The largest absolute Gasteiger partial charge is 0.444 e. The highest BCUT2D eigenvalue weighted by molar-refractivity contribution is 6.04. The van der Waals surface area contributed by atoms with Crippen LogP contribution in [0.1, 0.15) is 37.3 Å². The monoisotopic (exact) mass is 483 g/mol. The van der Waals surface area contributed by atoms with Crippen LogP contribution in [0.5, 0.6) is 0 Å². The molecule has 2 atom stereocenters. The van der Waals surface area contributed by atoms with E-state index in [-0.39, 0.29) is 32.3 Å². The average molecular weight is 483 g/mol. The maximum absolute atomic E-state index is 13.6. The van der Waals surface area contributed by atoms with Crippen LogP contribution in [-0.4, -0.2) is 51.4 Å². The number of halogens is 2. The molecule has 3 aromatic rings. The second-order valence-corrected chi connectivity index (χ2v) is 8.66. The van der Waals surface area contributed by atoms with E-state index in [0.717, 1.165) is 5.56 Å². The van der Waals surface area contributed by atoms with Gasteiger partial charge in [0.2, 0.25) is 11.8 Å². The first-order valence-corrected chi connectivity index (χ1v) is 11.3. The van der Waals surface area contributed by atoms with Gasteiger partial charge in [-0.05, 0) is 37.1 Å². The van der Waals surface area contributed by atoms with Gasteiger partial charge in [-0.25, -0.2) is 23.7 Å². The first-order chi connectivity index (χ1) is 16.9. The summed E-state index contributed by atoms with van der Waals surface area (Å²) in [6.07, 6.45) is 6.19. The number of oxazole rings is 1. The molecule has 1 aromatic carbocycles. The number of carbonyl (C=O) groups is 2. The van der Waals surface area contributed by atoms with Gasteiger partial charge in [-0.1, -0.05) is 0 Å². The van der Waals surface area contributed by atoms with Gasteiger partial charge in [0.1, 0.15) is 12.4 Å². The van der Waals surface area contributed by atoms with Crippen LogP contribution in [0.4, 0.5) is 14.5 Å². The summed E-state index contributed by atoms with van der Waals surface area (Å²) in [4.78, 5) is 40.2. The Labute approximate surface area is 199 Å². The fourth-order valence-electron chi connectivity index (χ4n) is 4.23. The average Bonchev–Trinajstić information content (AvgIpc) is 3.58. The summed E-state index contributed by atoms with van der Waals surface area (Å²) >= 11 is 0. The zero-order valence-corrected chi connectivity index (χ0v) is 18.6. The molecular formula is C24H23F2N5O4. The van der Waals surface area contributed by atoms with Crippen LogP contribution in [0.3, 0.4) is 0 Å². The summed E-state index contributed by atoms with van der Waals surface area (Å²) in [5, 5.41) is 2.87. The highest BCUT2D eigenvalue weighted by atomic mass is 19.3. The molecule has 5 rings (SSSR count). The van der Waals surface area contributed by atoms with Crippen LogP contribution in [0.25, 0.3) is 11.3 Å². The summed E-state index contributed by atoms with van der Waals surface area (Å²) in [6, 6.07) is 5.36. The Hall–Kier alpha value is -3.73. The Morgan fingerprint density at radius 2 is 1.74 bits per heavy atom. The number of hydrogen-bond acceptors (Lipinski definition) is 7. The predicted octanol–water partition coefficient (Wildman–Crippen LogP) is 3.30. The lowest BCUT2D eigenvalue weighted by Crippen LogP contribution is -2.49. The molecule has 1 saturated carbocycles. The van der Waals surface area contributed by atoms with Crippen molar-refractivity contribution in [3.63, 3.8) is 0 Å². The van der Waals surface area contributed by atoms with Gasteiger partial charge in [0.05, 0.1) is 12.8 Å². The van der Waals surface area contributed by atoms with Crippen LogP contribution in [0.15, 0.2) is 60.0 Å². The number of rotatable bonds is 7.